The van der Waals surface area contributed by atoms with Crippen molar-refractivity contribution in [2.75, 3.05) is 18.4 Å². The van der Waals surface area contributed by atoms with Gasteiger partial charge in [-0.05, 0) is 31.5 Å². The maximum Gasteiger partial charge on any atom is 0.333 e. The molecule has 1 heterocycles. The van der Waals surface area contributed by atoms with Crippen LogP contribution in [0, 0.1) is 22.9 Å². The summed E-state index contributed by atoms with van der Waals surface area (Å²) in [6, 6.07) is 5.42. The highest BCUT2D eigenvalue weighted by Crippen LogP contribution is 2.26. The van der Waals surface area contributed by atoms with Gasteiger partial charge >= 0.3 is 5.69 Å². The van der Waals surface area contributed by atoms with Crippen molar-refractivity contribution in [1.29, 1.82) is 0 Å². The van der Waals surface area contributed by atoms with Crippen molar-refractivity contribution >= 4 is 17.4 Å². The first kappa shape index (κ1) is 17.4. The third kappa shape index (κ3) is 4.06. The van der Waals surface area contributed by atoms with Gasteiger partial charge in [0.1, 0.15) is 11.5 Å². The molecule has 0 bridgehead atoms. The fourth-order valence-electron chi connectivity index (χ4n) is 2.29. The van der Waals surface area contributed by atoms with Crippen molar-refractivity contribution in [1.82, 2.24) is 15.1 Å². The predicted molar refractivity (Wildman–Crippen MR) is 86.4 cm³/mol. The van der Waals surface area contributed by atoms with Crippen LogP contribution in [0.4, 0.5) is 15.9 Å². The molecule has 2 aromatic rings. The summed E-state index contributed by atoms with van der Waals surface area (Å²) in [7, 11) is 1.62. The molecule has 0 saturated heterocycles. The van der Waals surface area contributed by atoms with Crippen LogP contribution in [0.3, 0.4) is 0 Å². The highest BCUT2D eigenvalue weighted by atomic mass is 19.1. The Morgan fingerprint density at radius 3 is 2.83 bits per heavy atom. The first-order chi connectivity index (χ1) is 11.4. The molecule has 9 heteroatoms. The molecular formula is C15H18FN5O3. The van der Waals surface area contributed by atoms with E-state index in [-0.39, 0.29) is 17.2 Å². The Bertz CT molecular complexity index is 760. The van der Waals surface area contributed by atoms with Gasteiger partial charge in [0.05, 0.1) is 4.92 Å². The number of carbonyl (C=O) groups is 1. The number of hydrogen-bond donors (Lipinski definition) is 2. The van der Waals surface area contributed by atoms with Crippen molar-refractivity contribution < 1.29 is 14.1 Å². The Labute approximate surface area is 137 Å². The summed E-state index contributed by atoms with van der Waals surface area (Å²) in [5.41, 5.74) is 0.534. The Morgan fingerprint density at radius 2 is 2.17 bits per heavy atom. The van der Waals surface area contributed by atoms with Crippen LogP contribution in [0.1, 0.15) is 22.5 Å². The van der Waals surface area contributed by atoms with E-state index in [9.17, 15) is 19.3 Å². The monoisotopic (exact) mass is 335 g/mol. The highest BCUT2D eigenvalue weighted by Gasteiger charge is 2.23. The number of anilines is 1. The number of aryl methyl sites for hydroxylation is 2. The molecule has 0 spiro atoms. The zero-order valence-corrected chi connectivity index (χ0v) is 13.4. The molecule has 0 fully saturated rings. The summed E-state index contributed by atoms with van der Waals surface area (Å²) < 4.78 is 14.5. The number of nitrogens with one attached hydrogen (secondary N) is 2. The van der Waals surface area contributed by atoms with Crippen LogP contribution in [0.25, 0.3) is 0 Å². The van der Waals surface area contributed by atoms with Crippen LogP contribution in [-0.4, -0.2) is 33.7 Å². The molecule has 2 N–H and O–H groups in total. The Hall–Kier alpha value is -2.97. The van der Waals surface area contributed by atoms with E-state index in [1.807, 2.05) is 0 Å². The number of nitrogens with zero attached hydrogens (tertiary/aromatic N) is 3. The average Bonchev–Trinajstić information content (AvgIpc) is 2.80. The molecule has 128 valence electrons. The van der Waals surface area contributed by atoms with Crippen LogP contribution >= 0.6 is 0 Å². The third-order valence-electron chi connectivity index (χ3n) is 3.39. The van der Waals surface area contributed by atoms with E-state index in [1.165, 1.54) is 22.9 Å². The normalized spacial score (nSPS) is 10.5. The van der Waals surface area contributed by atoms with Crippen LogP contribution in [0.15, 0.2) is 24.3 Å². The van der Waals surface area contributed by atoms with E-state index in [0.717, 1.165) is 6.07 Å². The van der Waals surface area contributed by atoms with E-state index in [1.54, 1.807) is 14.0 Å². The predicted octanol–water partition coefficient (Wildman–Crippen LogP) is 2.01. The summed E-state index contributed by atoms with van der Waals surface area (Å²) in [6.45, 7) is 2.35. The molecule has 8 nitrogen and oxygen atoms in total. The van der Waals surface area contributed by atoms with Crippen molar-refractivity contribution in [2.24, 2.45) is 7.05 Å². The first-order valence-corrected chi connectivity index (χ1v) is 7.35. The second kappa shape index (κ2) is 7.53. The van der Waals surface area contributed by atoms with E-state index >= 15 is 0 Å². The van der Waals surface area contributed by atoms with Gasteiger partial charge in [-0.1, -0.05) is 6.07 Å². The lowest BCUT2D eigenvalue weighted by Crippen LogP contribution is -2.26. The van der Waals surface area contributed by atoms with Gasteiger partial charge in [0.15, 0.2) is 0 Å². The number of carbonyl (C=O) groups excluding carboxylic acids is 1. The number of amides is 1. The molecule has 0 unspecified atom stereocenters. The van der Waals surface area contributed by atoms with Gasteiger partial charge < -0.3 is 10.6 Å². The van der Waals surface area contributed by atoms with Crippen molar-refractivity contribution in [2.45, 2.75) is 13.3 Å². The number of rotatable bonds is 7. The van der Waals surface area contributed by atoms with Crippen molar-refractivity contribution in [3.63, 3.8) is 0 Å². The molecule has 0 radical (unpaired) electrons. The van der Waals surface area contributed by atoms with E-state index < -0.39 is 10.7 Å². The number of nitro groups is 1. The fourth-order valence-corrected chi connectivity index (χ4v) is 2.29. The minimum absolute atomic E-state index is 0.0544. The van der Waals surface area contributed by atoms with Gasteiger partial charge in [0.2, 0.25) is 5.82 Å². The summed E-state index contributed by atoms with van der Waals surface area (Å²) in [5, 5.41) is 20.7. The quantitative estimate of drug-likeness (QED) is 0.458. The zero-order valence-electron chi connectivity index (χ0n) is 13.4. The van der Waals surface area contributed by atoms with Gasteiger partial charge in [0.25, 0.3) is 5.91 Å². The molecule has 2 rings (SSSR count). The van der Waals surface area contributed by atoms with Gasteiger partial charge in [-0.3, -0.25) is 14.9 Å². The minimum Gasteiger partial charge on any atom is -0.364 e. The molecule has 1 aromatic heterocycles. The standard InChI is InChI=1S/C15H18FN5O3/c1-10-13(21(23)24)14(20(2)19-10)17-7-4-8-18-15(22)11-5-3-6-12(16)9-11/h3,5-6,9,17H,4,7-8H2,1-2H3,(H,18,22). The third-order valence-corrected chi connectivity index (χ3v) is 3.39. The van der Waals surface area contributed by atoms with E-state index in [2.05, 4.69) is 15.7 Å². The molecule has 0 aliphatic rings. The molecular weight excluding hydrogens is 317 g/mol. The molecule has 1 aromatic carbocycles. The molecule has 0 aliphatic heterocycles. The van der Waals surface area contributed by atoms with Gasteiger partial charge in [-0.2, -0.15) is 5.10 Å². The first-order valence-electron chi connectivity index (χ1n) is 7.35. The molecule has 0 aliphatic carbocycles. The smallest absolute Gasteiger partial charge is 0.333 e. The van der Waals surface area contributed by atoms with Gasteiger partial charge in [-0.15, -0.1) is 0 Å². The summed E-state index contributed by atoms with van der Waals surface area (Å²) in [6.07, 6.45) is 0.544. The largest absolute Gasteiger partial charge is 0.364 e. The van der Waals surface area contributed by atoms with Crippen LogP contribution in [-0.2, 0) is 7.05 Å². The zero-order chi connectivity index (χ0) is 17.7. The minimum atomic E-state index is -0.476. The topological polar surface area (TPSA) is 102 Å². The summed E-state index contributed by atoms with van der Waals surface area (Å²) >= 11 is 0. The van der Waals surface area contributed by atoms with Gasteiger partial charge in [-0.25, -0.2) is 9.07 Å². The number of aromatic nitrogens is 2. The maximum absolute atomic E-state index is 13.0. The Kier molecular flexibility index (Phi) is 5.46. The Balaban J connectivity index is 1.82. The van der Waals surface area contributed by atoms with Crippen LogP contribution in [0.2, 0.25) is 0 Å². The molecule has 0 saturated carbocycles. The summed E-state index contributed by atoms with van der Waals surface area (Å²) in [5.74, 6) is -0.506. The van der Waals surface area contributed by atoms with Crippen molar-refractivity contribution in [3.8, 4) is 0 Å². The fraction of sp³-hybridized carbons (Fsp3) is 0.333. The Morgan fingerprint density at radius 1 is 1.42 bits per heavy atom. The van der Waals surface area contributed by atoms with Crippen molar-refractivity contribution in [3.05, 3.63) is 51.5 Å². The average molecular weight is 335 g/mol. The lowest BCUT2D eigenvalue weighted by molar-refractivity contribution is -0.384. The number of benzene rings is 1. The summed E-state index contributed by atoms with van der Waals surface area (Å²) in [4.78, 5) is 22.4. The van der Waals surface area contributed by atoms with Gasteiger partial charge in [0, 0.05) is 25.7 Å². The maximum atomic E-state index is 13.0. The number of halogens is 1. The van der Waals surface area contributed by atoms with E-state index in [0.29, 0.717) is 31.0 Å². The number of hydrogen-bond acceptors (Lipinski definition) is 5. The van der Waals surface area contributed by atoms with Crippen LogP contribution in [0.5, 0.6) is 0 Å². The highest BCUT2D eigenvalue weighted by molar-refractivity contribution is 5.94. The molecule has 1 amide bonds. The lowest BCUT2D eigenvalue weighted by atomic mass is 10.2. The molecule has 24 heavy (non-hydrogen) atoms. The van der Waals surface area contributed by atoms with Crippen LogP contribution < -0.4 is 10.6 Å². The SMILES string of the molecule is Cc1nn(C)c(NCCCNC(=O)c2cccc(F)c2)c1[N+](=O)[O-]. The van der Waals surface area contributed by atoms with E-state index in [4.69, 9.17) is 0 Å². The lowest BCUT2D eigenvalue weighted by Gasteiger charge is -2.07. The second-order valence-electron chi connectivity index (χ2n) is 5.21. The molecule has 0 atom stereocenters. The second-order valence-corrected chi connectivity index (χ2v) is 5.21.